The smallest absolute Gasteiger partial charge is 0.161 e. The molecule has 0 saturated heterocycles. The van der Waals surface area contributed by atoms with Crippen molar-refractivity contribution in [1.82, 2.24) is 0 Å². The van der Waals surface area contributed by atoms with Crippen LogP contribution in [0.1, 0.15) is 12.5 Å². The van der Waals surface area contributed by atoms with Crippen molar-refractivity contribution >= 4 is 27.3 Å². The van der Waals surface area contributed by atoms with Crippen LogP contribution < -0.4 is 5.32 Å². The lowest BCUT2D eigenvalue weighted by Crippen LogP contribution is -2.09. The van der Waals surface area contributed by atoms with Crippen molar-refractivity contribution in [2.24, 2.45) is 0 Å². The molecule has 70 valence electrons. The van der Waals surface area contributed by atoms with Gasteiger partial charge in [0.25, 0.3) is 0 Å². The Morgan fingerprint density at radius 3 is 3.08 bits per heavy atom. The number of rotatable bonds is 1. The van der Waals surface area contributed by atoms with E-state index in [1.165, 1.54) is 0 Å². The van der Waals surface area contributed by atoms with Crippen LogP contribution in [0.2, 0.25) is 0 Å². The summed E-state index contributed by atoms with van der Waals surface area (Å²) in [6.07, 6.45) is 0.888. The molecule has 0 bridgehead atoms. The van der Waals surface area contributed by atoms with E-state index in [0.29, 0.717) is 16.6 Å². The first-order valence-corrected chi connectivity index (χ1v) is 5.73. The summed E-state index contributed by atoms with van der Waals surface area (Å²) in [7, 11) is 6.44. The standard InChI is InChI=1S/C9H9ClFNS/c1-5-4-6-2-3-7(13-10)8(11)9(6)12-5/h2-3,5,12H,4H2,1H3. The van der Waals surface area contributed by atoms with Gasteiger partial charge < -0.3 is 5.32 Å². The van der Waals surface area contributed by atoms with Crippen LogP contribution in [0.15, 0.2) is 17.0 Å². The predicted molar refractivity (Wildman–Crippen MR) is 54.9 cm³/mol. The summed E-state index contributed by atoms with van der Waals surface area (Å²) < 4.78 is 13.6. The summed E-state index contributed by atoms with van der Waals surface area (Å²) in [4.78, 5) is 0.488. The summed E-state index contributed by atoms with van der Waals surface area (Å²) in [5.41, 5.74) is 1.66. The average molecular weight is 218 g/mol. The minimum atomic E-state index is -0.221. The molecule has 1 nitrogen and oxygen atoms in total. The van der Waals surface area contributed by atoms with E-state index in [-0.39, 0.29) is 5.82 Å². The Hall–Kier alpha value is -0.410. The summed E-state index contributed by atoms with van der Waals surface area (Å²) in [5.74, 6) is -0.221. The van der Waals surface area contributed by atoms with E-state index in [9.17, 15) is 4.39 Å². The van der Waals surface area contributed by atoms with Crippen molar-refractivity contribution in [3.05, 3.63) is 23.5 Å². The van der Waals surface area contributed by atoms with Gasteiger partial charge in [0.2, 0.25) is 0 Å². The normalized spacial score (nSPS) is 19.8. The minimum Gasteiger partial charge on any atom is -0.380 e. The van der Waals surface area contributed by atoms with Gasteiger partial charge in [-0.2, -0.15) is 0 Å². The Bertz CT molecular complexity index is 343. The third kappa shape index (κ3) is 1.51. The number of hydrogen-bond donors (Lipinski definition) is 1. The van der Waals surface area contributed by atoms with Crippen LogP contribution in [0.4, 0.5) is 10.1 Å². The van der Waals surface area contributed by atoms with E-state index in [4.69, 9.17) is 10.7 Å². The molecule has 13 heavy (non-hydrogen) atoms. The summed E-state index contributed by atoms with van der Waals surface area (Å²) >= 11 is 0. The molecule has 1 aromatic rings. The fourth-order valence-corrected chi connectivity index (χ4v) is 2.26. The van der Waals surface area contributed by atoms with Gasteiger partial charge in [-0.1, -0.05) is 6.07 Å². The van der Waals surface area contributed by atoms with Crippen LogP contribution in [0.3, 0.4) is 0 Å². The van der Waals surface area contributed by atoms with Crippen LogP contribution in [0.5, 0.6) is 0 Å². The molecule has 2 rings (SSSR count). The largest absolute Gasteiger partial charge is 0.380 e. The van der Waals surface area contributed by atoms with E-state index in [0.717, 1.165) is 23.0 Å². The fraction of sp³-hybridized carbons (Fsp3) is 0.333. The lowest BCUT2D eigenvalue weighted by Gasteiger charge is -2.05. The Morgan fingerprint density at radius 2 is 2.38 bits per heavy atom. The molecule has 0 saturated carbocycles. The van der Waals surface area contributed by atoms with Crippen molar-refractivity contribution in [3.8, 4) is 0 Å². The van der Waals surface area contributed by atoms with Gasteiger partial charge in [0.05, 0.1) is 10.6 Å². The molecule has 0 radical (unpaired) electrons. The molecular weight excluding hydrogens is 209 g/mol. The molecule has 1 atom stereocenters. The second-order valence-corrected chi connectivity index (χ2v) is 4.30. The number of anilines is 1. The van der Waals surface area contributed by atoms with E-state index < -0.39 is 0 Å². The van der Waals surface area contributed by atoms with Crippen LogP contribution >= 0.6 is 21.7 Å². The number of benzene rings is 1. The van der Waals surface area contributed by atoms with Crippen molar-refractivity contribution in [3.63, 3.8) is 0 Å². The van der Waals surface area contributed by atoms with E-state index in [2.05, 4.69) is 5.32 Å². The highest BCUT2D eigenvalue weighted by molar-refractivity contribution is 8.21. The lowest BCUT2D eigenvalue weighted by molar-refractivity contribution is 0.606. The summed E-state index contributed by atoms with van der Waals surface area (Å²) in [6, 6.07) is 3.98. The molecule has 1 heterocycles. The molecule has 1 aliphatic heterocycles. The molecule has 1 aliphatic rings. The quantitative estimate of drug-likeness (QED) is 0.774. The first-order chi connectivity index (χ1) is 6.22. The minimum absolute atomic E-state index is 0.221. The first kappa shape index (κ1) is 9.16. The Morgan fingerprint density at radius 1 is 1.62 bits per heavy atom. The zero-order valence-corrected chi connectivity index (χ0v) is 8.68. The van der Waals surface area contributed by atoms with Crippen LogP contribution in [-0.2, 0) is 6.42 Å². The number of halogens is 2. The zero-order chi connectivity index (χ0) is 9.42. The van der Waals surface area contributed by atoms with E-state index in [1.807, 2.05) is 13.0 Å². The third-order valence-electron chi connectivity index (χ3n) is 2.19. The van der Waals surface area contributed by atoms with Gasteiger partial charge >= 0.3 is 0 Å². The molecule has 0 spiro atoms. The second kappa shape index (κ2) is 3.39. The molecule has 0 amide bonds. The van der Waals surface area contributed by atoms with Gasteiger partial charge in [-0.3, -0.25) is 0 Å². The van der Waals surface area contributed by atoms with Gasteiger partial charge in [0.15, 0.2) is 5.82 Å². The van der Waals surface area contributed by atoms with Crippen molar-refractivity contribution in [1.29, 1.82) is 0 Å². The van der Waals surface area contributed by atoms with E-state index >= 15 is 0 Å². The third-order valence-corrected chi connectivity index (χ3v) is 3.17. The second-order valence-electron chi connectivity index (χ2n) is 3.24. The highest BCUT2D eigenvalue weighted by Gasteiger charge is 2.21. The molecule has 4 heteroatoms. The highest BCUT2D eigenvalue weighted by atomic mass is 35.7. The van der Waals surface area contributed by atoms with Gasteiger partial charge in [0, 0.05) is 6.04 Å². The lowest BCUT2D eigenvalue weighted by atomic mass is 10.1. The molecule has 0 aliphatic carbocycles. The molecule has 1 N–H and O–H groups in total. The fourth-order valence-electron chi connectivity index (χ4n) is 1.61. The molecular formula is C9H9ClFNS. The highest BCUT2D eigenvalue weighted by Crippen LogP contribution is 2.35. The number of hydrogen-bond acceptors (Lipinski definition) is 2. The van der Waals surface area contributed by atoms with E-state index in [1.54, 1.807) is 6.07 Å². The maximum Gasteiger partial charge on any atom is 0.161 e. The Kier molecular flexibility index (Phi) is 2.39. The van der Waals surface area contributed by atoms with Crippen molar-refractivity contribution < 1.29 is 4.39 Å². The Balaban J connectivity index is 2.48. The number of fused-ring (bicyclic) bond motifs is 1. The SMILES string of the molecule is CC1Cc2ccc(SCl)c(F)c2N1. The van der Waals surface area contributed by atoms with Crippen LogP contribution in [0.25, 0.3) is 0 Å². The Labute approximate surface area is 85.2 Å². The van der Waals surface area contributed by atoms with Gasteiger partial charge in [-0.15, -0.1) is 0 Å². The monoisotopic (exact) mass is 217 g/mol. The van der Waals surface area contributed by atoms with Crippen molar-refractivity contribution in [2.45, 2.75) is 24.3 Å². The maximum atomic E-state index is 13.6. The molecule has 1 aromatic carbocycles. The predicted octanol–water partition coefficient (Wildman–Crippen LogP) is 3.43. The summed E-state index contributed by atoms with van der Waals surface area (Å²) in [6.45, 7) is 2.03. The van der Waals surface area contributed by atoms with Crippen LogP contribution in [-0.4, -0.2) is 6.04 Å². The zero-order valence-electron chi connectivity index (χ0n) is 7.10. The maximum absolute atomic E-state index is 13.6. The molecule has 1 unspecified atom stereocenters. The first-order valence-electron chi connectivity index (χ1n) is 4.09. The molecule has 0 fully saturated rings. The number of nitrogens with one attached hydrogen (secondary N) is 1. The topological polar surface area (TPSA) is 12.0 Å². The average Bonchev–Trinajstić information content (AvgIpc) is 2.47. The van der Waals surface area contributed by atoms with Gasteiger partial charge in [-0.25, -0.2) is 4.39 Å². The van der Waals surface area contributed by atoms with Gasteiger partial charge in [0.1, 0.15) is 0 Å². The molecule has 0 aromatic heterocycles. The van der Waals surface area contributed by atoms with Gasteiger partial charge in [-0.05, 0) is 46.6 Å². The van der Waals surface area contributed by atoms with Crippen LogP contribution in [0, 0.1) is 5.82 Å². The summed E-state index contributed by atoms with van der Waals surface area (Å²) in [5, 5.41) is 3.09. The van der Waals surface area contributed by atoms with Crippen molar-refractivity contribution in [2.75, 3.05) is 5.32 Å².